The maximum Gasteiger partial charge on any atom is 0.0159 e. The third kappa shape index (κ3) is 9.69. The van der Waals surface area contributed by atoms with E-state index < -0.39 is 0 Å². The van der Waals surface area contributed by atoms with Crippen molar-refractivity contribution in [1.82, 2.24) is 0 Å². The lowest BCUT2D eigenvalue weighted by Gasteiger charge is -2.23. The second kappa shape index (κ2) is 24.8. The van der Waals surface area contributed by atoms with E-state index in [9.17, 15) is 0 Å². The van der Waals surface area contributed by atoms with E-state index in [0.717, 1.165) is 0 Å². The Kier molecular flexibility index (Phi) is 14.4. The molecule has 21 aromatic rings. The van der Waals surface area contributed by atoms with Gasteiger partial charge in [-0.3, -0.25) is 0 Å². The van der Waals surface area contributed by atoms with E-state index >= 15 is 0 Å². The average Bonchev–Trinajstić information content (AvgIpc) is 1.70. The van der Waals surface area contributed by atoms with Crippen LogP contribution in [0.1, 0.15) is 25.0 Å². The molecular formula is C107H70. The fourth-order valence-corrected chi connectivity index (χ4v) is 18.9. The van der Waals surface area contributed by atoms with E-state index in [1.54, 1.807) is 0 Å². The van der Waals surface area contributed by atoms with Crippen molar-refractivity contribution in [2.24, 2.45) is 0 Å². The van der Waals surface area contributed by atoms with Crippen molar-refractivity contribution < 1.29 is 0 Å². The Morgan fingerprint density at radius 2 is 0.430 bits per heavy atom. The standard InChI is InChI=1S/2C36H22.C35H26/c1-2-9-23(10-3-1)34-27-13-4-6-15-29(27)36(30-16-7-5-14-28(30)34)32-22-20-26-18-17-24-11-8-12-25-19-21-31(32)35(26)33(24)25;1-2-11-23(12-3-1)34-27-15-6-8-17-29(27)36(30-18-9-7-16-28(30)34)33-22-21-32-25-14-5-4-13-24(25)26-19-10-20-31(33)35(26)32;1-35(2)31-19-11-10-14-25(31)26-21-20-24(22-32(26)35)34-29-17-8-6-15-27(29)33(23-12-4-3-5-13-23)28-16-7-9-18-30(28)34/h2*1-22H;3-22H,1-2H3. The minimum absolute atomic E-state index is 0.0163. The lowest BCUT2D eigenvalue weighted by Crippen LogP contribution is -2.14. The molecule has 498 valence electrons. The van der Waals surface area contributed by atoms with Crippen LogP contribution in [0.2, 0.25) is 0 Å². The normalized spacial score (nSPS) is 12.5. The summed E-state index contributed by atoms with van der Waals surface area (Å²) in [7, 11) is 0. The lowest BCUT2D eigenvalue weighted by atomic mass is 9.80. The van der Waals surface area contributed by atoms with Gasteiger partial charge in [0.05, 0.1) is 0 Å². The molecule has 0 radical (unpaired) electrons. The summed E-state index contributed by atoms with van der Waals surface area (Å²) in [5.41, 5.74) is 26.5. The molecule has 0 nitrogen and oxygen atoms in total. The molecule has 0 heterocycles. The Bertz CT molecular complexity index is 6960. The van der Waals surface area contributed by atoms with Crippen molar-refractivity contribution in [2.45, 2.75) is 19.3 Å². The van der Waals surface area contributed by atoms with Gasteiger partial charge < -0.3 is 0 Å². The molecule has 0 spiro atoms. The largest absolute Gasteiger partial charge is 0.0622 e. The quantitative estimate of drug-likeness (QED) is 0.115. The van der Waals surface area contributed by atoms with Crippen molar-refractivity contribution in [3.05, 3.63) is 399 Å². The molecule has 0 amide bonds. The Morgan fingerprint density at radius 1 is 0.150 bits per heavy atom. The fraction of sp³-hybridized carbons (Fsp3) is 0.0280. The first-order valence-electron chi connectivity index (χ1n) is 37.5. The van der Waals surface area contributed by atoms with Crippen molar-refractivity contribution in [3.63, 3.8) is 0 Å². The minimum Gasteiger partial charge on any atom is -0.0622 e. The molecule has 21 aromatic carbocycles. The Balaban J connectivity index is 0.000000103. The van der Waals surface area contributed by atoms with Gasteiger partial charge in [0.2, 0.25) is 0 Å². The molecule has 0 N–H and O–H groups in total. The fourth-order valence-electron chi connectivity index (χ4n) is 18.9. The average molecular weight is 1360 g/mol. The monoisotopic (exact) mass is 1350 g/mol. The third-order valence-electron chi connectivity index (χ3n) is 23.5. The first-order chi connectivity index (χ1) is 52.9. The first-order valence-corrected chi connectivity index (χ1v) is 37.5. The van der Waals surface area contributed by atoms with Crippen LogP contribution in [0.4, 0.5) is 0 Å². The second-order valence-corrected chi connectivity index (χ2v) is 29.5. The van der Waals surface area contributed by atoms with Crippen molar-refractivity contribution in [3.8, 4) is 100 Å². The van der Waals surface area contributed by atoms with Crippen molar-refractivity contribution in [2.75, 3.05) is 0 Å². The summed E-state index contributed by atoms with van der Waals surface area (Å²) in [6, 6.07) is 143. The van der Waals surface area contributed by atoms with Gasteiger partial charge in [0.1, 0.15) is 0 Å². The van der Waals surface area contributed by atoms with Crippen LogP contribution in [0, 0.1) is 0 Å². The highest BCUT2D eigenvalue weighted by molar-refractivity contribution is 6.31. The summed E-state index contributed by atoms with van der Waals surface area (Å²) in [6.45, 7) is 4.71. The van der Waals surface area contributed by atoms with E-state index in [-0.39, 0.29) is 5.41 Å². The number of fused-ring (bicyclic) bond motifs is 12. The van der Waals surface area contributed by atoms with Crippen molar-refractivity contribution >= 4 is 108 Å². The van der Waals surface area contributed by atoms with Crippen LogP contribution in [0.3, 0.4) is 0 Å². The molecule has 2 aliphatic carbocycles. The van der Waals surface area contributed by atoms with Gasteiger partial charge in [-0.1, -0.05) is 396 Å². The molecule has 0 heteroatoms. The zero-order valence-corrected chi connectivity index (χ0v) is 59.5. The molecule has 0 unspecified atom stereocenters. The number of hydrogen-bond donors (Lipinski definition) is 0. The summed E-state index contributed by atoms with van der Waals surface area (Å²) in [5, 5.41) is 26.2. The van der Waals surface area contributed by atoms with Gasteiger partial charge in [-0.05, 0) is 225 Å². The summed E-state index contributed by atoms with van der Waals surface area (Å²) < 4.78 is 0. The molecule has 2 aliphatic rings. The summed E-state index contributed by atoms with van der Waals surface area (Å²) in [5.74, 6) is 0. The van der Waals surface area contributed by atoms with Gasteiger partial charge in [0, 0.05) is 5.41 Å². The second-order valence-electron chi connectivity index (χ2n) is 29.5. The summed E-state index contributed by atoms with van der Waals surface area (Å²) >= 11 is 0. The van der Waals surface area contributed by atoms with E-state index in [2.05, 4.69) is 402 Å². The highest BCUT2D eigenvalue weighted by atomic mass is 14.4. The summed E-state index contributed by atoms with van der Waals surface area (Å²) in [4.78, 5) is 0. The van der Waals surface area contributed by atoms with E-state index in [0.29, 0.717) is 0 Å². The van der Waals surface area contributed by atoms with Gasteiger partial charge in [-0.2, -0.15) is 0 Å². The maximum absolute atomic E-state index is 2.45. The smallest absolute Gasteiger partial charge is 0.0159 e. The highest BCUT2D eigenvalue weighted by Crippen LogP contribution is 2.55. The van der Waals surface area contributed by atoms with Gasteiger partial charge in [0.15, 0.2) is 0 Å². The van der Waals surface area contributed by atoms with E-state index in [4.69, 9.17) is 0 Å². The molecule has 23 rings (SSSR count). The van der Waals surface area contributed by atoms with Crippen molar-refractivity contribution in [1.29, 1.82) is 0 Å². The Labute approximate surface area is 622 Å². The molecule has 0 saturated carbocycles. The Morgan fingerprint density at radius 3 is 0.879 bits per heavy atom. The van der Waals surface area contributed by atoms with Gasteiger partial charge in [0.25, 0.3) is 0 Å². The van der Waals surface area contributed by atoms with Crippen LogP contribution in [0.15, 0.2) is 388 Å². The topological polar surface area (TPSA) is 0 Å². The molecule has 107 heavy (non-hydrogen) atoms. The SMILES string of the molecule is CC1(C)c2ccccc2-c2ccc(-c3c4ccccc4c(-c4ccccc4)c4ccccc34)cc21.c1ccc(-c2c3ccccc3c(-c3ccc4c5c(cccc35)-c3ccccc3-4)c3ccccc23)cc1.c1ccc(-c2c3ccccc3c(-c3ccc4ccc5cccc6ccc3c4c56)c3ccccc23)cc1. The minimum atomic E-state index is -0.0163. The van der Waals surface area contributed by atoms with E-state index in [1.807, 2.05) is 0 Å². The predicted molar refractivity (Wildman–Crippen MR) is 460 cm³/mol. The lowest BCUT2D eigenvalue weighted by molar-refractivity contribution is 0.660. The Hall–Kier alpha value is -13.5. The maximum atomic E-state index is 2.45. The van der Waals surface area contributed by atoms with Crippen LogP contribution >= 0.6 is 0 Å². The van der Waals surface area contributed by atoms with Crippen LogP contribution in [0.25, 0.3) is 208 Å². The van der Waals surface area contributed by atoms with Gasteiger partial charge in [-0.15, -0.1) is 0 Å². The molecule has 0 saturated heterocycles. The molecular weight excluding hydrogens is 1290 g/mol. The van der Waals surface area contributed by atoms with Crippen LogP contribution in [-0.2, 0) is 5.41 Å². The molecule has 0 bridgehead atoms. The van der Waals surface area contributed by atoms with Gasteiger partial charge >= 0.3 is 0 Å². The van der Waals surface area contributed by atoms with E-state index in [1.165, 1.54) is 219 Å². The number of hydrogen-bond acceptors (Lipinski definition) is 0. The third-order valence-corrected chi connectivity index (χ3v) is 23.5. The summed E-state index contributed by atoms with van der Waals surface area (Å²) in [6.07, 6.45) is 0. The van der Waals surface area contributed by atoms with Crippen LogP contribution in [0.5, 0.6) is 0 Å². The van der Waals surface area contributed by atoms with Gasteiger partial charge in [-0.25, -0.2) is 0 Å². The van der Waals surface area contributed by atoms with Crippen LogP contribution < -0.4 is 0 Å². The molecule has 0 atom stereocenters. The first kappa shape index (κ1) is 62.1. The zero-order valence-electron chi connectivity index (χ0n) is 59.5. The number of rotatable bonds is 6. The molecule has 0 aliphatic heterocycles. The highest BCUT2D eigenvalue weighted by Gasteiger charge is 2.36. The predicted octanol–water partition coefficient (Wildman–Crippen LogP) is 30.0. The van der Waals surface area contributed by atoms with Crippen LogP contribution in [-0.4, -0.2) is 0 Å². The molecule has 0 aromatic heterocycles. The molecule has 0 fully saturated rings. The number of benzene rings is 21. The zero-order chi connectivity index (χ0) is 70.8.